The van der Waals surface area contributed by atoms with E-state index in [0.29, 0.717) is 36.9 Å². The molecule has 4 heteroatoms. The van der Waals surface area contributed by atoms with Crippen molar-refractivity contribution < 1.29 is 14.0 Å². The summed E-state index contributed by atoms with van der Waals surface area (Å²) >= 11 is 0. The average Bonchev–Trinajstić information content (AvgIpc) is 3.05. The van der Waals surface area contributed by atoms with Gasteiger partial charge in [0.15, 0.2) is 0 Å². The zero-order chi connectivity index (χ0) is 17.3. The van der Waals surface area contributed by atoms with Crippen LogP contribution in [-0.2, 0) is 14.9 Å². The van der Waals surface area contributed by atoms with Gasteiger partial charge >= 0.3 is 0 Å². The molecule has 134 valence electrons. The molecule has 7 atom stereocenters. The second-order valence-electron chi connectivity index (χ2n) is 9.67. The second-order valence-corrected chi connectivity index (χ2v) is 9.67. The Balaban J connectivity index is 1.56. The molecule has 0 radical (unpaired) electrons. The Hall–Kier alpha value is -1.65. The fourth-order valence-electron chi connectivity index (χ4n) is 8.14. The number of nitrogens with zero attached hydrogens (tertiary/aromatic N) is 2. The lowest BCUT2D eigenvalue weighted by Crippen LogP contribution is -2.72. The van der Waals surface area contributed by atoms with E-state index in [1.54, 1.807) is 5.57 Å². The number of carbonyl (C=O) groups excluding carboxylic acids is 1. The third kappa shape index (κ3) is 1.34. The lowest BCUT2D eigenvalue weighted by Gasteiger charge is -2.59. The fourth-order valence-corrected chi connectivity index (χ4v) is 8.14. The highest BCUT2D eigenvalue weighted by atomic mass is 16.5. The number of hydrogen-bond donors (Lipinski definition) is 0. The number of rotatable bonds is 0. The van der Waals surface area contributed by atoms with Gasteiger partial charge in [-0.05, 0) is 23.1 Å². The van der Waals surface area contributed by atoms with Crippen LogP contribution in [0.5, 0.6) is 0 Å². The first kappa shape index (κ1) is 14.4. The Morgan fingerprint density at radius 3 is 3.12 bits per heavy atom. The van der Waals surface area contributed by atoms with Gasteiger partial charge in [-0.25, -0.2) is 0 Å². The van der Waals surface area contributed by atoms with Gasteiger partial charge in [0.05, 0.1) is 44.2 Å². The summed E-state index contributed by atoms with van der Waals surface area (Å²) in [6.07, 6.45) is 5.51. The van der Waals surface area contributed by atoms with Crippen molar-refractivity contribution in [3.63, 3.8) is 0 Å². The van der Waals surface area contributed by atoms with Gasteiger partial charge in [-0.15, -0.1) is 0 Å². The summed E-state index contributed by atoms with van der Waals surface area (Å²) in [6, 6.07) is 9.76. The smallest absolute Gasteiger partial charge is 0.229 e. The van der Waals surface area contributed by atoms with Crippen LogP contribution in [0.1, 0.15) is 24.8 Å². The van der Waals surface area contributed by atoms with Crippen LogP contribution in [0, 0.1) is 11.8 Å². The van der Waals surface area contributed by atoms with Gasteiger partial charge in [0, 0.05) is 24.4 Å². The molecule has 1 aromatic rings. The summed E-state index contributed by atoms with van der Waals surface area (Å²) in [5.41, 5.74) is 4.43. The van der Waals surface area contributed by atoms with Crippen molar-refractivity contribution in [2.45, 2.75) is 42.9 Å². The standard InChI is InChI=1S/C22H25N2O2/c1-24-8-7-22-15-4-2-3-5-16(15)23-19(25)11-17-20(21(22)23)14(10-18(22)24)13(12-24)6-9-26-17/h2-6,14,17-18,20-21H,7-12H2,1H3/q+1/t14-,17-,18-,20-,21-,22-,24?/m0/s1. The number of likely N-dealkylation sites (N-methyl/N-ethyl adjacent to an activating group) is 1. The largest absolute Gasteiger partial charge is 0.373 e. The molecule has 4 nitrogen and oxygen atoms in total. The molecule has 26 heavy (non-hydrogen) atoms. The van der Waals surface area contributed by atoms with Crippen molar-refractivity contribution in [2.24, 2.45) is 11.8 Å². The quantitative estimate of drug-likeness (QED) is 0.531. The number of anilines is 1. The highest BCUT2D eigenvalue weighted by Gasteiger charge is 2.75. The molecule has 1 unspecified atom stereocenters. The summed E-state index contributed by atoms with van der Waals surface area (Å²) in [5, 5.41) is 0. The van der Waals surface area contributed by atoms with E-state index in [-0.39, 0.29) is 17.4 Å². The maximum absolute atomic E-state index is 13.3. The second kappa shape index (κ2) is 4.26. The van der Waals surface area contributed by atoms with E-state index in [0.717, 1.165) is 4.48 Å². The third-order valence-electron chi connectivity index (χ3n) is 8.91. The Bertz CT molecular complexity index is 894. The number of hydrogen-bond acceptors (Lipinski definition) is 2. The minimum atomic E-state index is 0.104. The lowest BCUT2D eigenvalue weighted by molar-refractivity contribution is -0.925. The highest BCUT2D eigenvalue weighted by molar-refractivity contribution is 5.99. The normalized spacial score (nSPS) is 49.6. The van der Waals surface area contributed by atoms with E-state index in [2.05, 4.69) is 42.3 Å². The van der Waals surface area contributed by atoms with Crippen molar-refractivity contribution in [1.82, 2.24) is 0 Å². The summed E-state index contributed by atoms with van der Waals surface area (Å²) in [5.74, 6) is 1.36. The van der Waals surface area contributed by atoms with E-state index < -0.39 is 0 Å². The van der Waals surface area contributed by atoms with Gasteiger partial charge in [-0.3, -0.25) is 4.79 Å². The van der Waals surface area contributed by atoms with Crippen LogP contribution >= 0.6 is 0 Å². The number of benzene rings is 1. The van der Waals surface area contributed by atoms with Gasteiger partial charge in [-0.2, -0.15) is 0 Å². The van der Waals surface area contributed by atoms with Crippen molar-refractivity contribution in [3.05, 3.63) is 41.5 Å². The van der Waals surface area contributed by atoms with Crippen molar-refractivity contribution in [3.8, 4) is 0 Å². The molecular formula is C22H25N2O2+. The van der Waals surface area contributed by atoms with Crippen LogP contribution in [0.4, 0.5) is 5.69 Å². The predicted molar refractivity (Wildman–Crippen MR) is 97.8 cm³/mol. The number of carbonyl (C=O) groups is 1. The van der Waals surface area contributed by atoms with Crippen LogP contribution in [0.2, 0.25) is 0 Å². The molecule has 4 fully saturated rings. The van der Waals surface area contributed by atoms with E-state index in [4.69, 9.17) is 4.74 Å². The summed E-state index contributed by atoms with van der Waals surface area (Å²) in [4.78, 5) is 15.5. The number of amides is 1. The van der Waals surface area contributed by atoms with Crippen molar-refractivity contribution in [1.29, 1.82) is 0 Å². The maximum atomic E-state index is 13.3. The van der Waals surface area contributed by atoms with E-state index in [9.17, 15) is 4.79 Å². The Morgan fingerprint density at radius 1 is 1.31 bits per heavy atom. The lowest BCUT2D eigenvalue weighted by atomic mass is 9.53. The number of fused-ring (bicyclic) bond motifs is 2. The Kier molecular flexibility index (Phi) is 2.36. The predicted octanol–water partition coefficient (Wildman–Crippen LogP) is 2.24. The molecular weight excluding hydrogens is 324 g/mol. The van der Waals surface area contributed by atoms with Crippen LogP contribution in [0.15, 0.2) is 35.9 Å². The van der Waals surface area contributed by atoms with E-state index >= 15 is 0 Å². The molecule has 0 aromatic heterocycles. The summed E-state index contributed by atoms with van der Waals surface area (Å²) < 4.78 is 7.45. The van der Waals surface area contributed by atoms with E-state index in [1.807, 2.05) is 0 Å². The molecule has 6 aliphatic rings. The average molecular weight is 349 g/mol. The first-order valence-corrected chi connectivity index (χ1v) is 10.2. The molecule has 0 N–H and O–H groups in total. The number of piperidine rings is 2. The fraction of sp³-hybridized carbons (Fsp3) is 0.591. The van der Waals surface area contributed by atoms with Gasteiger partial charge in [0.2, 0.25) is 5.91 Å². The van der Waals surface area contributed by atoms with Gasteiger partial charge in [0.1, 0.15) is 12.6 Å². The number of quaternary nitrogens is 1. The molecule has 7 rings (SSSR count). The zero-order valence-electron chi connectivity index (χ0n) is 15.2. The SMILES string of the molecule is C[N+]12CC[C@]34c5ccccc5N5C(=O)C[C@@H]6OCC=C(C1)[C@H](C[C@@H]32)[C@@H]6[C@H]54. The van der Waals surface area contributed by atoms with Crippen LogP contribution < -0.4 is 4.90 Å². The van der Waals surface area contributed by atoms with Gasteiger partial charge in [-0.1, -0.05) is 24.3 Å². The molecule has 1 saturated carbocycles. The molecule has 1 amide bonds. The van der Waals surface area contributed by atoms with Crippen LogP contribution in [0.25, 0.3) is 0 Å². The van der Waals surface area contributed by atoms with E-state index in [1.165, 1.54) is 37.2 Å². The molecule has 1 aliphatic carbocycles. The van der Waals surface area contributed by atoms with Gasteiger partial charge in [0.25, 0.3) is 0 Å². The monoisotopic (exact) mass is 349 g/mol. The number of ether oxygens (including phenoxy) is 1. The molecule has 5 heterocycles. The van der Waals surface area contributed by atoms with Crippen molar-refractivity contribution >= 4 is 11.6 Å². The third-order valence-corrected chi connectivity index (χ3v) is 8.91. The Morgan fingerprint density at radius 2 is 2.19 bits per heavy atom. The molecule has 2 bridgehead atoms. The molecule has 1 aromatic carbocycles. The maximum Gasteiger partial charge on any atom is 0.229 e. The molecule has 5 aliphatic heterocycles. The topological polar surface area (TPSA) is 29.5 Å². The van der Waals surface area contributed by atoms with Crippen molar-refractivity contribution in [2.75, 3.05) is 31.6 Å². The van der Waals surface area contributed by atoms with Crippen LogP contribution in [0.3, 0.4) is 0 Å². The Labute approximate surface area is 154 Å². The zero-order valence-corrected chi connectivity index (χ0v) is 15.2. The summed E-state index contributed by atoms with van der Waals surface area (Å²) in [6.45, 7) is 3.12. The highest BCUT2D eigenvalue weighted by Crippen LogP contribution is 2.67. The number of para-hydroxylation sites is 1. The molecule has 3 saturated heterocycles. The minimum Gasteiger partial charge on any atom is -0.373 e. The first-order chi connectivity index (χ1) is 12.6. The van der Waals surface area contributed by atoms with Gasteiger partial charge < -0.3 is 14.1 Å². The summed E-state index contributed by atoms with van der Waals surface area (Å²) in [7, 11) is 2.47. The first-order valence-electron chi connectivity index (χ1n) is 10.2. The minimum absolute atomic E-state index is 0.104. The molecule has 1 spiro atoms. The van der Waals surface area contributed by atoms with Crippen LogP contribution in [-0.4, -0.2) is 55.3 Å².